The van der Waals surface area contributed by atoms with Gasteiger partial charge in [0.2, 0.25) is 5.91 Å². The van der Waals surface area contributed by atoms with Gasteiger partial charge >= 0.3 is 0 Å². The van der Waals surface area contributed by atoms with Crippen molar-refractivity contribution < 1.29 is 4.79 Å². The summed E-state index contributed by atoms with van der Waals surface area (Å²) in [6.45, 7) is 8.52. The molecule has 1 aromatic carbocycles. The number of carbonyl (C=O) groups is 1. The zero-order valence-electron chi connectivity index (χ0n) is 16.4. The van der Waals surface area contributed by atoms with Crippen LogP contribution in [0.5, 0.6) is 0 Å². The number of aryl methyl sites for hydroxylation is 1. The molecule has 1 unspecified atom stereocenters. The summed E-state index contributed by atoms with van der Waals surface area (Å²) in [6, 6.07) is 8.43. The molecule has 0 saturated carbocycles. The van der Waals surface area contributed by atoms with Gasteiger partial charge in [0.15, 0.2) is 10.3 Å². The van der Waals surface area contributed by atoms with Crippen LogP contribution in [0.4, 0.5) is 5.13 Å². The van der Waals surface area contributed by atoms with E-state index >= 15 is 0 Å². The zero-order chi connectivity index (χ0) is 20.6. The van der Waals surface area contributed by atoms with Crippen molar-refractivity contribution in [3.05, 3.63) is 59.9 Å². The highest BCUT2D eigenvalue weighted by Crippen LogP contribution is 2.28. The van der Waals surface area contributed by atoms with Crippen molar-refractivity contribution >= 4 is 45.9 Å². The van der Waals surface area contributed by atoms with E-state index in [4.69, 9.17) is 0 Å². The number of aromatic nitrogens is 4. The molecule has 0 spiro atoms. The van der Waals surface area contributed by atoms with Crippen molar-refractivity contribution in [2.45, 2.75) is 47.9 Å². The van der Waals surface area contributed by atoms with E-state index in [2.05, 4.69) is 58.3 Å². The van der Waals surface area contributed by atoms with Gasteiger partial charge in [-0.15, -0.1) is 39.9 Å². The fourth-order valence-electron chi connectivity index (χ4n) is 2.53. The maximum Gasteiger partial charge on any atom is 0.239 e. The molecule has 152 valence electrons. The van der Waals surface area contributed by atoms with Gasteiger partial charge in [0.25, 0.3) is 0 Å². The minimum atomic E-state index is -0.274. The molecule has 0 bridgehead atoms. The number of amides is 1. The van der Waals surface area contributed by atoms with Gasteiger partial charge in [-0.3, -0.25) is 4.79 Å². The first kappa shape index (κ1) is 21.6. The van der Waals surface area contributed by atoms with Crippen LogP contribution in [0.1, 0.15) is 24.7 Å². The summed E-state index contributed by atoms with van der Waals surface area (Å²) >= 11 is 4.55. The van der Waals surface area contributed by atoms with Gasteiger partial charge in [-0.2, -0.15) is 0 Å². The summed E-state index contributed by atoms with van der Waals surface area (Å²) in [5.74, 6) is 1.50. The fourth-order valence-corrected chi connectivity index (χ4v) is 4.88. The Morgan fingerprint density at radius 2 is 2.14 bits per heavy atom. The van der Waals surface area contributed by atoms with Gasteiger partial charge < -0.3 is 9.88 Å². The van der Waals surface area contributed by atoms with E-state index in [1.165, 1.54) is 33.6 Å². The average molecular weight is 446 g/mol. The number of hydrogen-bond acceptors (Lipinski definition) is 7. The second-order valence-electron chi connectivity index (χ2n) is 6.24. The Morgan fingerprint density at radius 3 is 2.79 bits per heavy atom. The summed E-state index contributed by atoms with van der Waals surface area (Å²) in [7, 11) is 0. The Hall–Kier alpha value is -2.10. The van der Waals surface area contributed by atoms with Crippen LogP contribution in [0.25, 0.3) is 0 Å². The number of rotatable bonds is 10. The standard InChI is InChI=1S/C20H23N5OS3/c1-4-11-25-17(13-28-15-8-6-14(3)7-9-15)23-24-20(25)29-16(5-2)18(26)22-19-21-10-12-27-19/h4,6-10,12,16H,1,5,11,13H2,2-3H3,(H,21,22,26). The van der Waals surface area contributed by atoms with Crippen LogP contribution in [0.2, 0.25) is 0 Å². The Morgan fingerprint density at radius 1 is 1.34 bits per heavy atom. The van der Waals surface area contributed by atoms with E-state index in [1.54, 1.807) is 18.0 Å². The van der Waals surface area contributed by atoms with Gasteiger partial charge in [-0.25, -0.2) is 4.98 Å². The summed E-state index contributed by atoms with van der Waals surface area (Å²) in [6.07, 6.45) is 4.17. The number of benzene rings is 1. The molecule has 9 heteroatoms. The van der Waals surface area contributed by atoms with Crippen molar-refractivity contribution in [1.29, 1.82) is 0 Å². The minimum absolute atomic E-state index is 0.0730. The normalized spacial score (nSPS) is 11.9. The van der Waals surface area contributed by atoms with Gasteiger partial charge in [0.1, 0.15) is 5.82 Å². The molecule has 0 aliphatic heterocycles. The Kier molecular flexibility index (Phi) is 7.91. The molecule has 3 aromatic rings. The molecule has 0 aliphatic rings. The summed E-state index contributed by atoms with van der Waals surface area (Å²) in [4.78, 5) is 17.9. The molecule has 6 nitrogen and oxygen atoms in total. The van der Waals surface area contributed by atoms with E-state index in [1.807, 2.05) is 22.9 Å². The topological polar surface area (TPSA) is 72.7 Å². The SMILES string of the molecule is C=CCn1c(CSc2ccc(C)cc2)nnc1SC(CC)C(=O)Nc1nccs1. The molecule has 0 saturated heterocycles. The van der Waals surface area contributed by atoms with Crippen molar-refractivity contribution in [3.8, 4) is 0 Å². The second-order valence-corrected chi connectivity index (χ2v) is 9.35. The lowest BCUT2D eigenvalue weighted by molar-refractivity contribution is -0.115. The molecule has 3 rings (SSSR count). The number of allylic oxidation sites excluding steroid dienone is 1. The lowest BCUT2D eigenvalue weighted by Crippen LogP contribution is -2.25. The van der Waals surface area contributed by atoms with Gasteiger partial charge in [-0.1, -0.05) is 42.5 Å². The number of hydrogen-bond donors (Lipinski definition) is 1. The first-order valence-corrected chi connectivity index (χ1v) is 11.9. The Bertz CT molecular complexity index is 938. The van der Waals surface area contributed by atoms with Gasteiger partial charge in [0.05, 0.1) is 11.0 Å². The molecular formula is C20H23N5OS3. The average Bonchev–Trinajstić information content (AvgIpc) is 3.36. The summed E-state index contributed by atoms with van der Waals surface area (Å²) in [5, 5.41) is 14.5. The summed E-state index contributed by atoms with van der Waals surface area (Å²) < 4.78 is 2.03. The molecule has 29 heavy (non-hydrogen) atoms. The molecule has 2 heterocycles. The molecule has 1 N–H and O–H groups in total. The van der Waals surface area contributed by atoms with E-state index in [-0.39, 0.29) is 11.2 Å². The van der Waals surface area contributed by atoms with Crippen LogP contribution in [-0.2, 0) is 17.1 Å². The van der Waals surface area contributed by atoms with Crippen molar-refractivity contribution in [2.75, 3.05) is 5.32 Å². The summed E-state index contributed by atoms with van der Waals surface area (Å²) in [5.41, 5.74) is 1.24. The fraction of sp³-hybridized carbons (Fsp3) is 0.300. The Balaban J connectivity index is 1.70. The smallest absolute Gasteiger partial charge is 0.239 e. The zero-order valence-corrected chi connectivity index (χ0v) is 18.8. The molecule has 0 fully saturated rings. The number of anilines is 1. The Labute approximate surface area is 183 Å². The molecule has 0 radical (unpaired) electrons. The lowest BCUT2D eigenvalue weighted by atomic mass is 10.2. The molecule has 2 aromatic heterocycles. The number of nitrogens with one attached hydrogen (secondary N) is 1. The first-order valence-electron chi connectivity index (χ1n) is 9.20. The van der Waals surface area contributed by atoms with E-state index in [0.29, 0.717) is 23.8 Å². The highest BCUT2D eigenvalue weighted by Gasteiger charge is 2.23. The number of thioether (sulfide) groups is 2. The van der Waals surface area contributed by atoms with E-state index in [9.17, 15) is 4.79 Å². The third-order valence-electron chi connectivity index (χ3n) is 4.07. The lowest BCUT2D eigenvalue weighted by Gasteiger charge is -2.14. The minimum Gasteiger partial charge on any atom is -0.301 e. The third kappa shape index (κ3) is 5.94. The highest BCUT2D eigenvalue weighted by molar-refractivity contribution is 8.00. The van der Waals surface area contributed by atoms with Crippen LogP contribution in [0.3, 0.4) is 0 Å². The number of thiazole rings is 1. The number of carbonyl (C=O) groups excluding carboxylic acids is 1. The van der Waals surface area contributed by atoms with E-state index in [0.717, 1.165) is 11.0 Å². The molecule has 0 aliphatic carbocycles. The quantitative estimate of drug-likeness (QED) is 0.348. The van der Waals surface area contributed by atoms with Crippen LogP contribution in [0.15, 0.2) is 58.5 Å². The first-order chi connectivity index (χ1) is 14.1. The molecule has 1 atom stereocenters. The van der Waals surface area contributed by atoms with Crippen molar-refractivity contribution in [3.63, 3.8) is 0 Å². The largest absolute Gasteiger partial charge is 0.301 e. The second kappa shape index (κ2) is 10.6. The molecular weight excluding hydrogens is 422 g/mol. The van der Waals surface area contributed by atoms with Crippen LogP contribution >= 0.6 is 34.9 Å². The van der Waals surface area contributed by atoms with Crippen LogP contribution in [-0.4, -0.2) is 30.9 Å². The van der Waals surface area contributed by atoms with Crippen LogP contribution < -0.4 is 5.32 Å². The van der Waals surface area contributed by atoms with Gasteiger partial charge in [0, 0.05) is 23.0 Å². The van der Waals surface area contributed by atoms with Gasteiger partial charge in [-0.05, 0) is 25.5 Å². The maximum absolute atomic E-state index is 12.6. The van der Waals surface area contributed by atoms with E-state index < -0.39 is 0 Å². The predicted octanol–water partition coefficient (Wildman–Crippen LogP) is 5.03. The van der Waals surface area contributed by atoms with Crippen molar-refractivity contribution in [1.82, 2.24) is 19.7 Å². The monoisotopic (exact) mass is 445 g/mol. The predicted molar refractivity (Wildman–Crippen MR) is 122 cm³/mol. The highest BCUT2D eigenvalue weighted by atomic mass is 32.2. The molecule has 1 amide bonds. The van der Waals surface area contributed by atoms with Crippen LogP contribution in [0, 0.1) is 6.92 Å². The third-order valence-corrected chi connectivity index (χ3v) is 7.11. The number of nitrogens with zero attached hydrogens (tertiary/aromatic N) is 4. The maximum atomic E-state index is 12.6. The van der Waals surface area contributed by atoms with Crippen molar-refractivity contribution in [2.24, 2.45) is 0 Å².